The third kappa shape index (κ3) is 8.86. The number of esters is 1. The first kappa shape index (κ1) is 46.2. The Morgan fingerprint density at radius 1 is 0.778 bits per heavy atom. The van der Waals surface area contributed by atoms with E-state index in [9.17, 15) is 55.5 Å². The third-order valence-corrected chi connectivity index (χ3v) is 12.3. The molecule has 16 atom stereocenters. The number of rotatable bonds is 15. The average Bonchev–Trinajstić information content (AvgIpc) is 3.69. The van der Waals surface area contributed by atoms with Crippen molar-refractivity contribution >= 4 is 33.7 Å². The predicted molar refractivity (Wildman–Crippen MR) is 215 cm³/mol. The zero-order valence-electron chi connectivity index (χ0n) is 34.0. The van der Waals surface area contributed by atoms with E-state index in [0.717, 1.165) is 28.1 Å². The number of methoxy groups -OCH3 is 1. The first-order valence-electron chi connectivity index (χ1n) is 20.3. The summed E-state index contributed by atoms with van der Waals surface area (Å²) in [7, 11) is 1.21. The molecular weight excluding hydrogens is 832 g/mol. The molecule has 2 saturated heterocycles. The number of nitrogens with one attached hydrogen (secondary N) is 1. The minimum atomic E-state index is -1.73. The summed E-state index contributed by atoms with van der Waals surface area (Å²) < 4.78 is 39.6. The molecule has 63 heavy (non-hydrogen) atoms. The zero-order chi connectivity index (χ0) is 45.3. The number of aliphatic hydroxyl groups is 8. The number of aromatic amines is 1. The molecular formula is C43H52N2O18. The Labute approximate surface area is 359 Å². The quantitative estimate of drug-likeness (QED) is 0.0673. The number of hydrogen-bond donors (Lipinski definition) is 10. The Morgan fingerprint density at radius 2 is 1.33 bits per heavy atom. The molecule has 0 radical (unpaired) electrons. The number of ether oxygens (including phenoxy) is 7. The molecule has 7 rings (SSSR count). The fraction of sp³-hybridized carbons (Fsp3) is 0.512. The second kappa shape index (κ2) is 19.5. The average molecular weight is 885 g/mol. The number of hydrogen-bond acceptors (Lipinski definition) is 18. The van der Waals surface area contributed by atoms with E-state index in [1.165, 1.54) is 25.5 Å². The van der Waals surface area contributed by atoms with Crippen LogP contribution in [0.2, 0.25) is 0 Å². The maximum atomic E-state index is 13.2. The molecule has 6 heterocycles. The number of nitrogens with zero attached hydrogens (tertiary/aromatic N) is 1. The van der Waals surface area contributed by atoms with E-state index < -0.39 is 123 Å². The standard InChI is InChI=1S/C43H52N2O18/c1-4-19-21(24(38(54)55)16-58-40(19)62-42-36(52)34(50)32(48)28(14-46)60-42)11-10-18-13-44-27(31-30(18)22-8-6-7-9-26(22)45-31)12-23-20(5-2)41(59-17-25(23)39(56)57-3)63-43-37(53)35(51)33(49)29(15-47)61-43/h4-9,13,16-17,19-21,23,28-29,32-37,40-43,45-53H,1-2,10-12,14-15H2,3H3,(H,54,55)/t19-,20-,21+,23+,28-,29-,32-,33-,34+,35+,36-,37-,40+,41+,42+,43+/m0/s1. The van der Waals surface area contributed by atoms with Crippen molar-refractivity contribution in [3.05, 3.63) is 90.7 Å². The molecule has 0 aliphatic carbocycles. The van der Waals surface area contributed by atoms with Crippen LogP contribution in [0.3, 0.4) is 0 Å². The van der Waals surface area contributed by atoms with Gasteiger partial charge in [0.15, 0.2) is 12.6 Å². The van der Waals surface area contributed by atoms with Crippen LogP contribution in [0.4, 0.5) is 0 Å². The number of fused-ring (bicyclic) bond motifs is 3. The minimum Gasteiger partial charge on any atom is -0.478 e. The van der Waals surface area contributed by atoms with Gasteiger partial charge in [0, 0.05) is 46.2 Å². The zero-order valence-corrected chi connectivity index (χ0v) is 34.0. The van der Waals surface area contributed by atoms with Gasteiger partial charge in [0.25, 0.3) is 0 Å². The fourth-order valence-corrected chi connectivity index (χ4v) is 8.81. The van der Waals surface area contributed by atoms with Crippen molar-refractivity contribution in [3.63, 3.8) is 0 Å². The van der Waals surface area contributed by atoms with Gasteiger partial charge >= 0.3 is 11.9 Å². The molecule has 0 spiro atoms. The number of carboxylic acids is 1. The molecule has 1 aromatic carbocycles. The van der Waals surface area contributed by atoms with Gasteiger partial charge in [0.2, 0.25) is 12.6 Å². The molecule has 342 valence electrons. The molecule has 2 fully saturated rings. The summed E-state index contributed by atoms with van der Waals surface area (Å²) in [6.45, 7) is 6.50. The maximum Gasteiger partial charge on any atom is 0.337 e. The Hall–Kier alpha value is -4.81. The Balaban J connectivity index is 1.18. The number of aliphatic carboxylic acids is 1. The number of carbonyl (C=O) groups excluding carboxylic acids is 1. The largest absolute Gasteiger partial charge is 0.478 e. The lowest BCUT2D eigenvalue weighted by atomic mass is 9.79. The molecule has 0 saturated carbocycles. The van der Waals surface area contributed by atoms with Gasteiger partial charge in [-0.1, -0.05) is 30.4 Å². The number of benzene rings is 1. The topological polar surface area (TPSA) is 310 Å². The van der Waals surface area contributed by atoms with E-state index >= 15 is 0 Å². The minimum absolute atomic E-state index is 0.0779. The first-order chi connectivity index (χ1) is 30.3. The second-order valence-corrected chi connectivity index (χ2v) is 15.9. The van der Waals surface area contributed by atoms with Crippen LogP contribution >= 0.6 is 0 Å². The lowest BCUT2D eigenvalue weighted by Crippen LogP contribution is -2.60. The summed E-state index contributed by atoms with van der Waals surface area (Å²) in [4.78, 5) is 34.1. The summed E-state index contributed by atoms with van der Waals surface area (Å²) in [5.74, 6) is -5.13. The second-order valence-electron chi connectivity index (χ2n) is 15.9. The van der Waals surface area contributed by atoms with Crippen molar-refractivity contribution in [1.29, 1.82) is 0 Å². The lowest BCUT2D eigenvalue weighted by Gasteiger charge is -2.43. The highest BCUT2D eigenvalue weighted by Crippen LogP contribution is 2.41. The number of aromatic nitrogens is 2. The number of aliphatic hydroxyl groups excluding tert-OH is 8. The maximum absolute atomic E-state index is 13.2. The summed E-state index contributed by atoms with van der Waals surface area (Å²) in [6, 6.07) is 7.52. The molecule has 0 bridgehead atoms. The summed E-state index contributed by atoms with van der Waals surface area (Å²) in [5.41, 5.74) is 2.66. The van der Waals surface area contributed by atoms with Crippen molar-refractivity contribution in [3.8, 4) is 0 Å². The number of carboxylic acid groups (broad SMARTS) is 1. The highest BCUT2D eigenvalue weighted by molar-refractivity contribution is 6.09. The van der Waals surface area contributed by atoms with Crippen LogP contribution < -0.4 is 0 Å². The highest BCUT2D eigenvalue weighted by Gasteiger charge is 2.49. The van der Waals surface area contributed by atoms with Crippen LogP contribution in [0.1, 0.15) is 17.7 Å². The first-order valence-corrected chi connectivity index (χ1v) is 20.3. The molecule has 4 aliphatic rings. The Kier molecular flexibility index (Phi) is 14.3. The van der Waals surface area contributed by atoms with Gasteiger partial charge in [-0.3, -0.25) is 4.98 Å². The number of aryl methyl sites for hydroxylation is 1. The highest BCUT2D eigenvalue weighted by atomic mass is 16.8. The van der Waals surface area contributed by atoms with E-state index in [1.807, 2.05) is 24.3 Å². The van der Waals surface area contributed by atoms with Gasteiger partial charge < -0.3 is 84.1 Å². The van der Waals surface area contributed by atoms with Gasteiger partial charge in [-0.05, 0) is 30.9 Å². The summed E-state index contributed by atoms with van der Waals surface area (Å²) in [6.07, 6.45) is -10.8. The predicted octanol–water partition coefficient (Wildman–Crippen LogP) is -0.601. The van der Waals surface area contributed by atoms with Crippen LogP contribution in [-0.4, -0.2) is 162 Å². The van der Waals surface area contributed by atoms with Crippen molar-refractivity contribution in [2.75, 3.05) is 20.3 Å². The van der Waals surface area contributed by atoms with Gasteiger partial charge in [0.1, 0.15) is 48.8 Å². The number of pyridine rings is 1. The Bertz CT molecular complexity index is 2210. The third-order valence-electron chi connectivity index (χ3n) is 12.3. The van der Waals surface area contributed by atoms with Crippen molar-refractivity contribution in [2.24, 2.45) is 23.7 Å². The van der Waals surface area contributed by atoms with E-state index in [0.29, 0.717) is 11.2 Å². The molecule has 20 nitrogen and oxygen atoms in total. The van der Waals surface area contributed by atoms with E-state index in [-0.39, 0.29) is 30.4 Å². The molecule has 0 unspecified atom stereocenters. The molecule has 20 heteroatoms. The number of H-pyrrole nitrogens is 1. The fourth-order valence-electron chi connectivity index (χ4n) is 8.81. The van der Waals surface area contributed by atoms with Crippen molar-refractivity contribution in [2.45, 2.75) is 93.3 Å². The SMILES string of the molecule is C=C[C@@H]1[C@@H](O[C@H]2O[C@@H](CO)[C@H](O)[C@@H](O)[C@@H]2O)OC=C(C(=O)O)[C@@H]1CCc1cnc(C[C@H]2C(C(=O)OC)=CO[C@H](O[C@H]3O[C@@H](CO)[C@H](O)[C@@H](O)[C@@H]3O)[C@H]2C=C)c2[nH]c3ccccc3c12. The summed E-state index contributed by atoms with van der Waals surface area (Å²) in [5, 5.41) is 93.8. The van der Waals surface area contributed by atoms with E-state index in [4.69, 9.17) is 38.1 Å². The molecule has 2 aromatic heterocycles. The lowest BCUT2D eigenvalue weighted by molar-refractivity contribution is -0.339. The monoisotopic (exact) mass is 884 g/mol. The van der Waals surface area contributed by atoms with Crippen molar-refractivity contribution in [1.82, 2.24) is 9.97 Å². The van der Waals surface area contributed by atoms with Gasteiger partial charge in [0.05, 0.1) is 55.2 Å². The number of carbonyl (C=O) groups is 2. The molecule has 4 aliphatic heterocycles. The van der Waals surface area contributed by atoms with Crippen LogP contribution in [0.5, 0.6) is 0 Å². The summed E-state index contributed by atoms with van der Waals surface area (Å²) >= 11 is 0. The van der Waals surface area contributed by atoms with Gasteiger partial charge in [-0.15, -0.1) is 13.2 Å². The van der Waals surface area contributed by atoms with Crippen LogP contribution in [0.15, 0.2) is 79.4 Å². The van der Waals surface area contributed by atoms with Crippen LogP contribution in [0.25, 0.3) is 21.8 Å². The van der Waals surface area contributed by atoms with Crippen molar-refractivity contribution < 1.29 is 88.7 Å². The van der Waals surface area contributed by atoms with Gasteiger partial charge in [-0.25, -0.2) is 9.59 Å². The molecule has 10 N–H and O–H groups in total. The van der Waals surface area contributed by atoms with Gasteiger partial charge in [-0.2, -0.15) is 0 Å². The van der Waals surface area contributed by atoms with E-state index in [2.05, 4.69) is 18.1 Å². The molecule has 3 aromatic rings. The normalized spacial score (nSPS) is 35.8. The molecule has 0 amide bonds. The van der Waals surface area contributed by atoms with Crippen LogP contribution in [0, 0.1) is 23.7 Å². The smallest absolute Gasteiger partial charge is 0.337 e. The van der Waals surface area contributed by atoms with E-state index in [1.54, 1.807) is 6.20 Å². The Morgan fingerprint density at radius 3 is 1.87 bits per heavy atom. The van der Waals surface area contributed by atoms with Crippen LogP contribution in [-0.2, 0) is 55.6 Å². The number of para-hydroxylation sites is 1.